The maximum absolute atomic E-state index is 11.7. The molecule has 0 fully saturated rings. The minimum atomic E-state index is -0.126. The zero-order valence-electron chi connectivity index (χ0n) is 13.7. The monoisotopic (exact) mass is 307 g/mol. The molecule has 5 heteroatoms. The van der Waals surface area contributed by atoms with Crippen molar-refractivity contribution in [1.29, 1.82) is 0 Å². The van der Waals surface area contributed by atoms with Crippen molar-refractivity contribution in [2.45, 2.75) is 26.4 Å². The third-order valence-electron chi connectivity index (χ3n) is 2.91. The molecule has 1 aromatic carbocycles. The maximum atomic E-state index is 11.7. The third kappa shape index (κ3) is 6.63. The molecule has 0 aromatic heterocycles. The van der Waals surface area contributed by atoms with Crippen LogP contribution in [0.1, 0.15) is 25.8 Å². The number of hydrogen-bond acceptors (Lipinski definition) is 4. The lowest BCUT2D eigenvalue weighted by Gasteiger charge is -2.08. The maximum Gasteiger partial charge on any atom is 0.244 e. The van der Waals surface area contributed by atoms with E-state index in [1.54, 1.807) is 26.4 Å². The number of hydrogen-bond donors (Lipinski definition) is 1. The minimum Gasteiger partial charge on any atom is -0.493 e. The van der Waals surface area contributed by atoms with Crippen molar-refractivity contribution in [3.63, 3.8) is 0 Å². The third-order valence-corrected chi connectivity index (χ3v) is 2.91. The van der Waals surface area contributed by atoms with Crippen LogP contribution in [0.4, 0.5) is 0 Å². The van der Waals surface area contributed by atoms with E-state index in [1.807, 2.05) is 26.0 Å². The van der Waals surface area contributed by atoms with Crippen molar-refractivity contribution < 1.29 is 19.0 Å². The van der Waals surface area contributed by atoms with Crippen molar-refractivity contribution >= 4 is 12.0 Å². The average molecular weight is 307 g/mol. The van der Waals surface area contributed by atoms with Crippen molar-refractivity contribution in [3.8, 4) is 11.5 Å². The number of ether oxygens (including phenoxy) is 3. The summed E-state index contributed by atoms with van der Waals surface area (Å²) in [4.78, 5) is 11.7. The van der Waals surface area contributed by atoms with Crippen LogP contribution in [0.25, 0.3) is 6.08 Å². The van der Waals surface area contributed by atoms with Crippen molar-refractivity contribution in [2.24, 2.45) is 0 Å². The van der Waals surface area contributed by atoms with Gasteiger partial charge in [0, 0.05) is 19.2 Å². The molecule has 5 nitrogen and oxygen atoms in total. The Bertz CT molecular complexity index is 497. The van der Waals surface area contributed by atoms with E-state index in [0.29, 0.717) is 24.7 Å². The zero-order chi connectivity index (χ0) is 16.4. The molecule has 0 radical (unpaired) electrons. The summed E-state index contributed by atoms with van der Waals surface area (Å²) in [7, 11) is 3.17. The Morgan fingerprint density at radius 1 is 1.23 bits per heavy atom. The molecule has 0 aliphatic carbocycles. The highest BCUT2D eigenvalue weighted by atomic mass is 16.5. The normalized spacial score (nSPS) is 11.0. The Balaban J connectivity index is 2.42. The molecule has 0 heterocycles. The van der Waals surface area contributed by atoms with Crippen LogP contribution >= 0.6 is 0 Å². The van der Waals surface area contributed by atoms with Crippen LogP contribution < -0.4 is 14.8 Å². The highest BCUT2D eigenvalue weighted by molar-refractivity contribution is 5.91. The second-order valence-electron chi connectivity index (χ2n) is 5.01. The molecule has 1 N–H and O–H groups in total. The molecule has 0 saturated carbocycles. The fraction of sp³-hybridized carbons (Fsp3) is 0.471. The van der Waals surface area contributed by atoms with Crippen molar-refractivity contribution in [3.05, 3.63) is 29.8 Å². The van der Waals surface area contributed by atoms with E-state index < -0.39 is 0 Å². The van der Waals surface area contributed by atoms with Gasteiger partial charge in [0.25, 0.3) is 0 Å². The number of benzene rings is 1. The molecule has 1 aromatic rings. The van der Waals surface area contributed by atoms with E-state index >= 15 is 0 Å². The largest absolute Gasteiger partial charge is 0.493 e. The van der Waals surface area contributed by atoms with E-state index in [0.717, 1.165) is 12.0 Å². The van der Waals surface area contributed by atoms with Gasteiger partial charge in [-0.3, -0.25) is 4.79 Å². The van der Waals surface area contributed by atoms with Crippen LogP contribution in [0.15, 0.2) is 24.3 Å². The van der Waals surface area contributed by atoms with Gasteiger partial charge in [0.15, 0.2) is 11.5 Å². The molecule has 0 aliphatic heterocycles. The number of nitrogens with one attached hydrogen (secondary N) is 1. The molecular formula is C17H25NO4. The Hall–Kier alpha value is -2.01. The molecule has 0 saturated heterocycles. The standard InChI is InChI=1S/C17H25NO4/c1-13(2)22-11-5-10-18-17(19)9-7-14-6-8-15(20-3)16(12-14)21-4/h6-9,12-13H,5,10-11H2,1-4H3,(H,18,19)/b9-7+. The average Bonchev–Trinajstić information content (AvgIpc) is 2.51. The predicted octanol–water partition coefficient (Wildman–Crippen LogP) is 2.65. The van der Waals surface area contributed by atoms with Crippen LogP contribution in [0.5, 0.6) is 11.5 Å². The molecule has 1 rings (SSSR count). The molecule has 0 unspecified atom stereocenters. The lowest BCUT2D eigenvalue weighted by Crippen LogP contribution is -2.23. The fourth-order valence-corrected chi connectivity index (χ4v) is 1.79. The number of rotatable bonds is 9. The van der Waals surface area contributed by atoms with Crippen LogP contribution in [-0.4, -0.2) is 39.4 Å². The van der Waals surface area contributed by atoms with E-state index in [2.05, 4.69) is 5.32 Å². The molecular weight excluding hydrogens is 282 g/mol. The van der Waals surface area contributed by atoms with Gasteiger partial charge in [-0.25, -0.2) is 0 Å². The van der Waals surface area contributed by atoms with Gasteiger partial charge in [-0.1, -0.05) is 6.07 Å². The summed E-state index contributed by atoms with van der Waals surface area (Å²) >= 11 is 0. The minimum absolute atomic E-state index is 0.126. The van der Waals surface area contributed by atoms with Gasteiger partial charge in [-0.2, -0.15) is 0 Å². The first-order valence-corrected chi connectivity index (χ1v) is 7.36. The summed E-state index contributed by atoms with van der Waals surface area (Å²) in [5.41, 5.74) is 0.871. The van der Waals surface area contributed by atoms with E-state index in [4.69, 9.17) is 14.2 Å². The quantitative estimate of drug-likeness (QED) is 0.563. The Morgan fingerprint density at radius 3 is 2.59 bits per heavy atom. The van der Waals surface area contributed by atoms with Crippen LogP contribution in [0, 0.1) is 0 Å². The molecule has 0 spiro atoms. The number of amides is 1. The van der Waals surface area contributed by atoms with Crippen molar-refractivity contribution in [1.82, 2.24) is 5.32 Å². The summed E-state index contributed by atoms with van der Waals surface area (Å²) in [6.45, 7) is 5.23. The summed E-state index contributed by atoms with van der Waals surface area (Å²) in [6, 6.07) is 5.49. The second kappa shape index (κ2) is 9.84. The predicted molar refractivity (Wildman–Crippen MR) is 87.3 cm³/mol. The second-order valence-corrected chi connectivity index (χ2v) is 5.01. The summed E-state index contributed by atoms with van der Waals surface area (Å²) < 4.78 is 15.8. The first-order valence-electron chi connectivity index (χ1n) is 7.36. The first-order chi connectivity index (χ1) is 10.6. The Kier molecular flexibility index (Phi) is 8.07. The van der Waals surface area contributed by atoms with Crippen LogP contribution in [0.3, 0.4) is 0 Å². The lowest BCUT2D eigenvalue weighted by atomic mass is 10.2. The first kappa shape index (κ1) is 18.0. The molecule has 22 heavy (non-hydrogen) atoms. The van der Waals surface area contributed by atoms with Crippen LogP contribution in [0.2, 0.25) is 0 Å². The number of carbonyl (C=O) groups is 1. The highest BCUT2D eigenvalue weighted by Crippen LogP contribution is 2.27. The van der Waals surface area contributed by atoms with Gasteiger partial charge in [0.05, 0.1) is 20.3 Å². The SMILES string of the molecule is COc1ccc(/C=C/C(=O)NCCCOC(C)C)cc1OC. The molecule has 122 valence electrons. The summed E-state index contributed by atoms with van der Waals surface area (Å²) in [5.74, 6) is 1.17. The summed E-state index contributed by atoms with van der Waals surface area (Å²) in [5, 5.41) is 2.82. The highest BCUT2D eigenvalue weighted by Gasteiger charge is 2.03. The van der Waals surface area contributed by atoms with Crippen molar-refractivity contribution in [2.75, 3.05) is 27.4 Å². The Morgan fingerprint density at radius 2 is 1.95 bits per heavy atom. The number of methoxy groups -OCH3 is 2. The topological polar surface area (TPSA) is 56.8 Å². The van der Waals surface area contributed by atoms with Gasteiger partial charge in [-0.05, 0) is 44.0 Å². The van der Waals surface area contributed by atoms with Crippen LogP contribution in [-0.2, 0) is 9.53 Å². The number of carbonyl (C=O) groups excluding carboxylic acids is 1. The lowest BCUT2D eigenvalue weighted by molar-refractivity contribution is -0.116. The van der Waals surface area contributed by atoms with Gasteiger partial charge >= 0.3 is 0 Å². The van der Waals surface area contributed by atoms with Gasteiger partial charge in [0.2, 0.25) is 5.91 Å². The fourth-order valence-electron chi connectivity index (χ4n) is 1.79. The van der Waals surface area contributed by atoms with Gasteiger partial charge in [0.1, 0.15) is 0 Å². The molecule has 0 bridgehead atoms. The Labute approximate surface area is 132 Å². The molecule has 0 atom stereocenters. The smallest absolute Gasteiger partial charge is 0.244 e. The van der Waals surface area contributed by atoms with Gasteiger partial charge < -0.3 is 19.5 Å². The molecule has 0 aliphatic rings. The van der Waals surface area contributed by atoms with E-state index in [1.165, 1.54) is 6.08 Å². The summed E-state index contributed by atoms with van der Waals surface area (Å²) in [6.07, 6.45) is 4.27. The molecule has 1 amide bonds. The zero-order valence-corrected chi connectivity index (χ0v) is 13.7. The van der Waals surface area contributed by atoms with E-state index in [9.17, 15) is 4.79 Å². The van der Waals surface area contributed by atoms with Gasteiger partial charge in [-0.15, -0.1) is 0 Å². The van der Waals surface area contributed by atoms with E-state index in [-0.39, 0.29) is 12.0 Å².